The van der Waals surface area contributed by atoms with Crippen LogP contribution in [-0.2, 0) is 10.0 Å². The molecule has 0 saturated carbocycles. The number of amides is 1. The molecule has 146 valence electrons. The maximum atomic E-state index is 13.1. The van der Waals surface area contributed by atoms with Gasteiger partial charge in [0.1, 0.15) is 10.4 Å². The number of piperidine rings is 1. The monoisotopic (exact) mass is 479 g/mol. The summed E-state index contributed by atoms with van der Waals surface area (Å²) in [6.45, 7) is 1.39. The van der Waals surface area contributed by atoms with E-state index in [4.69, 9.17) is 0 Å². The smallest absolute Gasteiger partial charge is 0.264 e. The van der Waals surface area contributed by atoms with Gasteiger partial charge in [0.2, 0.25) is 0 Å². The van der Waals surface area contributed by atoms with Crippen LogP contribution in [0.1, 0.15) is 29.6 Å². The third-order valence-electron chi connectivity index (χ3n) is 4.71. The number of hydrogen-bond acceptors (Lipinski definition) is 5. The number of carbonyl (C=O) groups excluding carboxylic acids is 1. The van der Waals surface area contributed by atoms with Crippen molar-refractivity contribution in [3.8, 4) is 0 Å². The van der Waals surface area contributed by atoms with Crippen LogP contribution in [0.2, 0.25) is 0 Å². The fourth-order valence-corrected chi connectivity index (χ4v) is 5.70. The lowest BCUT2D eigenvalue weighted by Crippen LogP contribution is -2.36. The fraction of sp³-hybridized carbons (Fsp3) is 0.263. The molecule has 1 fully saturated rings. The van der Waals surface area contributed by atoms with E-state index < -0.39 is 10.0 Å². The molecule has 4 rings (SSSR count). The number of para-hydroxylation sites is 1. The van der Waals surface area contributed by atoms with Crippen molar-refractivity contribution in [3.63, 3.8) is 0 Å². The van der Waals surface area contributed by atoms with Crippen molar-refractivity contribution in [2.24, 2.45) is 0 Å². The van der Waals surface area contributed by atoms with Crippen LogP contribution in [0.15, 0.2) is 51.3 Å². The van der Waals surface area contributed by atoms with E-state index in [2.05, 4.69) is 25.6 Å². The Bertz CT molecular complexity index is 1140. The SMILES string of the molecule is O=C(c1ccc(Br)cc1NS(=O)(=O)c1cccc2scnc12)N1CCCCC1. The van der Waals surface area contributed by atoms with Crippen LogP contribution in [0, 0.1) is 0 Å². The standard InChI is InChI=1S/C19H18BrN3O3S2/c20-13-7-8-14(19(24)23-9-2-1-3-10-23)15(11-13)22-28(25,26)17-6-4-5-16-18(17)21-12-27-16/h4-8,11-12,22H,1-3,9-10H2. The highest BCUT2D eigenvalue weighted by Gasteiger charge is 2.25. The number of nitrogens with zero attached hydrogens (tertiary/aromatic N) is 2. The third-order valence-corrected chi connectivity index (χ3v) is 7.40. The van der Waals surface area contributed by atoms with Gasteiger partial charge in [-0.2, -0.15) is 0 Å². The lowest BCUT2D eigenvalue weighted by Gasteiger charge is -2.27. The predicted octanol–water partition coefficient (Wildman–Crippen LogP) is 4.49. The zero-order chi connectivity index (χ0) is 19.7. The molecule has 1 aliphatic rings. The highest BCUT2D eigenvalue weighted by atomic mass is 79.9. The molecule has 2 aromatic carbocycles. The number of hydrogen-bond donors (Lipinski definition) is 1. The van der Waals surface area contributed by atoms with Gasteiger partial charge in [-0.15, -0.1) is 11.3 Å². The Hall–Kier alpha value is -1.97. The van der Waals surface area contributed by atoms with Crippen molar-refractivity contribution in [1.82, 2.24) is 9.88 Å². The summed E-state index contributed by atoms with van der Waals surface area (Å²) in [5, 5.41) is 0. The van der Waals surface area contributed by atoms with Crippen molar-refractivity contribution in [2.45, 2.75) is 24.2 Å². The molecule has 3 aromatic rings. The second-order valence-electron chi connectivity index (χ2n) is 6.60. The highest BCUT2D eigenvalue weighted by molar-refractivity contribution is 9.10. The van der Waals surface area contributed by atoms with E-state index in [0.29, 0.717) is 28.6 Å². The van der Waals surface area contributed by atoms with Crippen LogP contribution in [0.5, 0.6) is 0 Å². The van der Waals surface area contributed by atoms with Gasteiger partial charge in [-0.3, -0.25) is 9.52 Å². The van der Waals surface area contributed by atoms with Gasteiger partial charge in [0.15, 0.2) is 0 Å². The van der Waals surface area contributed by atoms with Gasteiger partial charge in [0, 0.05) is 17.6 Å². The van der Waals surface area contributed by atoms with Crippen molar-refractivity contribution >= 4 is 59.1 Å². The molecule has 0 radical (unpaired) electrons. The van der Waals surface area contributed by atoms with Crippen LogP contribution in [0.25, 0.3) is 10.2 Å². The van der Waals surface area contributed by atoms with Crippen molar-refractivity contribution in [3.05, 3.63) is 51.9 Å². The number of sulfonamides is 1. The van der Waals surface area contributed by atoms with Crippen LogP contribution < -0.4 is 4.72 Å². The molecule has 2 heterocycles. The second-order valence-corrected chi connectivity index (χ2v) is 10.1. The number of likely N-dealkylation sites (tertiary alicyclic amines) is 1. The molecule has 6 nitrogen and oxygen atoms in total. The number of aromatic nitrogens is 1. The maximum Gasteiger partial charge on any atom is 0.264 e. The number of nitrogens with one attached hydrogen (secondary N) is 1. The first kappa shape index (κ1) is 19.4. The zero-order valence-electron chi connectivity index (χ0n) is 14.9. The number of rotatable bonds is 4. The first-order valence-corrected chi connectivity index (χ1v) is 12.1. The Balaban J connectivity index is 1.72. The van der Waals surface area contributed by atoms with Gasteiger partial charge in [-0.1, -0.05) is 22.0 Å². The number of benzene rings is 2. The summed E-state index contributed by atoms with van der Waals surface area (Å²) in [5.74, 6) is -0.156. The minimum atomic E-state index is -3.91. The second kappa shape index (κ2) is 7.81. The zero-order valence-corrected chi connectivity index (χ0v) is 18.1. The number of anilines is 1. The van der Waals surface area contributed by atoms with Gasteiger partial charge < -0.3 is 4.90 Å². The lowest BCUT2D eigenvalue weighted by molar-refractivity contribution is 0.0725. The molecule has 9 heteroatoms. The summed E-state index contributed by atoms with van der Waals surface area (Å²) in [5.41, 5.74) is 2.66. The first-order chi connectivity index (χ1) is 13.5. The minimum absolute atomic E-state index is 0.0996. The van der Waals surface area contributed by atoms with E-state index in [1.54, 1.807) is 34.7 Å². The summed E-state index contributed by atoms with van der Waals surface area (Å²) in [6, 6.07) is 10.1. The molecule has 1 N–H and O–H groups in total. The number of thiazole rings is 1. The number of halogens is 1. The van der Waals surface area contributed by atoms with Gasteiger partial charge in [-0.05, 0) is 49.6 Å². The van der Waals surface area contributed by atoms with Gasteiger partial charge >= 0.3 is 0 Å². The average Bonchev–Trinajstić information content (AvgIpc) is 3.16. The summed E-state index contributed by atoms with van der Waals surface area (Å²) in [7, 11) is -3.91. The van der Waals surface area contributed by atoms with Crippen molar-refractivity contribution in [1.29, 1.82) is 0 Å². The highest BCUT2D eigenvalue weighted by Crippen LogP contribution is 2.29. The third kappa shape index (κ3) is 3.78. The van der Waals surface area contributed by atoms with Gasteiger partial charge in [-0.25, -0.2) is 13.4 Å². The molecule has 0 atom stereocenters. The molecule has 0 spiro atoms. The largest absolute Gasteiger partial charge is 0.339 e. The Morgan fingerprint density at radius 1 is 1.14 bits per heavy atom. The molecule has 1 amide bonds. The van der Waals surface area contributed by atoms with Crippen LogP contribution in [-0.4, -0.2) is 37.3 Å². The van der Waals surface area contributed by atoms with E-state index in [0.717, 1.165) is 24.0 Å². The molecule has 28 heavy (non-hydrogen) atoms. The van der Waals surface area contributed by atoms with E-state index in [1.165, 1.54) is 17.4 Å². The van der Waals surface area contributed by atoms with E-state index in [9.17, 15) is 13.2 Å². The van der Waals surface area contributed by atoms with Crippen LogP contribution >= 0.6 is 27.3 Å². The molecular formula is C19H18BrN3O3S2. The van der Waals surface area contributed by atoms with E-state index in [1.807, 2.05) is 6.07 Å². The molecule has 0 unspecified atom stereocenters. The Labute approximate surface area is 175 Å². The van der Waals surface area contributed by atoms with E-state index >= 15 is 0 Å². The summed E-state index contributed by atoms with van der Waals surface area (Å²) >= 11 is 4.75. The normalized spacial score (nSPS) is 15.0. The minimum Gasteiger partial charge on any atom is -0.339 e. The Kier molecular flexibility index (Phi) is 5.39. The van der Waals surface area contributed by atoms with Crippen LogP contribution in [0.4, 0.5) is 5.69 Å². The molecule has 0 aliphatic carbocycles. The maximum absolute atomic E-state index is 13.1. The van der Waals surface area contributed by atoms with Gasteiger partial charge in [0.25, 0.3) is 15.9 Å². The lowest BCUT2D eigenvalue weighted by atomic mass is 10.1. The Morgan fingerprint density at radius 3 is 2.71 bits per heavy atom. The molecule has 1 aromatic heterocycles. The van der Waals surface area contributed by atoms with Crippen molar-refractivity contribution < 1.29 is 13.2 Å². The summed E-state index contributed by atoms with van der Waals surface area (Å²) in [4.78, 5) is 19.1. The quantitative estimate of drug-likeness (QED) is 0.597. The molecule has 1 saturated heterocycles. The summed E-state index contributed by atoms with van der Waals surface area (Å²) in [6.07, 6.45) is 3.05. The average molecular weight is 480 g/mol. The number of carbonyl (C=O) groups is 1. The molecular weight excluding hydrogens is 462 g/mol. The van der Waals surface area contributed by atoms with E-state index in [-0.39, 0.29) is 16.5 Å². The van der Waals surface area contributed by atoms with Crippen LogP contribution in [0.3, 0.4) is 0 Å². The fourth-order valence-electron chi connectivity index (χ4n) is 3.33. The van der Waals surface area contributed by atoms with Gasteiger partial charge in [0.05, 0.1) is 21.5 Å². The predicted molar refractivity (Wildman–Crippen MR) is 114 cm³/mol. The first-order valence-electron chi connectivity index (χ1n) is 8.89. The molecule has 0 bridgehead atoms. The topological polar surface area (TPSA) is 79.4 Å². The Morgan fingerprint density at radius 2 is 1.93 bits per heavy atom. The number of fused-ring (bicyclic) bond motifs is 1. The van der Waals surface area contributed by atoms with Crippen molar-refractivity contribution in [2.75, 3.05) is 17.8 Å². The molecule has 1 aliphatic heterocycles. The summed E-state index contributed by atoms with van der Waals surface area (Å²) < 4.78 is 30.3.